The van der Waals surface area contributed by atoms with Crippen molar-refractivity contribution in [3.8, 4) is 0 Å². The number of hydrogen-bond donors (Lipinski definition) is 2. The number of hydrogen-bond acceptors (Lipinski definition) is 5. The molecule has 2 heterocycles. The van der Waals surface area contributed by atoms with Crippen LogP contribution in [0.1, 0.15) is 37.1 Å². The van der Waals surface area contributed by atoms with Crippen LogP contribution < -0.4 is 5.32 Å². The molecule has 1 aliphatic carbocycles. The van der Waals surface area contributed by atoms with Crippen LogP contribution in [0.2, 0.25) is 0 Å². The molecule has 21 heavy (non-hydrogen) atoms. The van der Waals surface area contributed by atoms with E-state index >= 15 is 0 Å². The van der Waals surface area contributed by atoms with Gasteiger partial charge in [0.2, 0.25) is 0 Å². The number of rotatable bonds is 4. The first-order chi connectivity index (χ1) is 10.1. The van der Waals surface area contributed by atoms with Crippen LogP contribution in [0.15, 0.2) is 6.33 Å². The zero-order chi connectivity index (χ0) is 15.0. The van der Waals surface area contributed by atoms with Crippen molar-refractivity contribution >= 4 is 33.3 Å². The van der Waals surface area contributed by atoms with Crippen molar-refractivity contribution in [2.75, 3.05) is 5.32 Å². The Morgan fingerprint density at radius 1 is 1.33 bits per heavy atom. The highest BCUT2D eigenvalue weighted by molar-refractivity contribution is 7.19. The SMILES string of the molecule is CC(C)C(Nc1ncnc2sc3c(c12)CCCC3)C(=O)O. The zero-order valence-corrected chi connectivity index (χ0v) is 13.0. The minimum atomic E-state index is -0.846. The fraction of sp³-hybridized carbons (Fsp3) is 0.533. The Morgan fingerprint density at radius 2 is 2.10 bits per heavy atom. The molecular formula is C15H19N3O2S. The van der Waals surface area contributed by atoms with E-state index in [9.17, 15) is 9.90 Å². The van der Waals surface area contributed by atoms with Gasteiger partial charge in [-0.15, -0.1) is 11.3 Å². The lowest BCUT2D eigenvalue weighted by Gasteiger charge is -2.19. The minimum absolute atomic E-state index is 0.0121. The maximum Gasteiger partial charge on any atom is 0.326 e. The molecule has 0 fully saturated rings. The van der Waals surface area contributed by atoms with Crippen LogP contribution in [0.25, 0.3) is 10.2 Å². The number of carboxylic acid groups (broad SMARTS) is 1. The Bertz CT molecular complexity index is 681. The van der Waals surface area contributed by atoms with Crippen LogP contribution in [0.5, 0.6) is 0 Å². The summed E-state index contributed by atoms with van der Waals surface area (Å²) in [6, 6.07) is -0.637. The molecule has 1 unspecified atom stereocenters. The van der Waals surface area contributed by atoms with Crippen molar-refractivity contribution in [3.63, 3.8) is 0 Å². The first kappa shape index (κ1) is 14.3. The fourth-order valence-electron chi connectivity index (χ4n) is 2.86. The fourth-order valence-corrected chi connectivity index (χ4v) is 4.09. The molecule has 3 rings (SSSR count). The van der Waals surface area contributed by atoms with Gasteiger partial charge in [-0.3, -0.25) is 0 Å². The zero-order valence-electron chi connectivity index (χ0n) is 12.2. The molecule has 0 bridgehead atoms. The van der Waals surface area contributed by atoms with E-state index in [0.29, 0.717) is 5.82 Å². The van der Waals surface area contributed by atoms with Crippen molar-refractivity contribution in [2.45, 2.75) is 45.6 Å². The highest BCUT2D eigenvalue weighted by atomic mass is 32.1. The van der Waals surface area contributed by atoms with E-state index in [1.165, 1.54) is 29.6 Å². The summed E-state index contributed by atoms with van der Waals surface area (Å²) in [5, 5.41) is 13.5. The third kappa shape index (κ3) is 2.60. The van der Waals surface area contributed by atoms with Gasteiger partial charge >= 0.3 is 5.97 Å². The van der Waals surface area contributed by atoms with Crippen molar-refractivity contribution in [3.05, 3.63) is 16.8 Å². The molecule has 1 atom stereocenters. The Kier molecular flexibility index (Phi) is 3.80. The molecule has 0 amide bonds. The molecule has 6 heteroatoms. The van der Waals surface area contributed by atoms with Crippen molar-refractivity contribution in [1.29, 1.82) is 0 Å². The minimum Gasteiger partial charge on any atom is -0.480 e. The van der Waals surface area contributed by atoms with Crippen molar-refractivity contribution < 1.29 is 9.90 Å². The Morgan fingerprint density at radius 3 is 2.81 bits per heavy atom. The number of carboxylic acids is 1. The first-order valence-electron chi connectivity index (χ1n) is 7.32. The predicted molar refractivity (Wildman–Crippen MR) is 83.9 cm³/mol. The molecule has 2 aromatic rings. The molecule has 0 radical (unpaired) electrons. The number of carbonyl (C=O) groups is 1. The maximum absolute atomic E-state index is 11.4. The van der Waals surface area contributed by atoms with E-state index < -0.39 is 12.0 Å². The van der Waals surface area contributed by atoms with Gasteiger partial charge in [0.05, 0.1) is 5.39 Å². The second-order valence-electron chi connectivity index (χ2n) is 5.82. The van der Waals surface area contributed by atoms with E-state index in [4.69, 9.17) is 0 Å². The van der Waals surface area contributed by atoms with Crippen LogP contribution in [0.3, 0.4) is 0 Å². The van der Waals surface area contributed by atoms with E-state index in [2.05, 4.69) is 15.3 Å². The monoisotopic (exact) mass is 305 g/mol. The van der Waals surface area contributed by atoms with E-state index in [1.54, 1.807) is 11.3 Å². The molecule has 5 nitrogen and oxygen atoms in total. The molecule has 112 valence electrons. The van der Waals surface area contributed by atoms with Gasteiger partial charge in [-0.1, -0.05) is 13.8 Å². The molecule has 0 spiro atoms. The van der Waals surface area contributed by atoms with Crippen LogP contribution in [-0.4, -0.2) is 27.1 Å². The van der Waals surface area contributed by atoms with Crippen LogP contribution in [0, 0.1) is 5.92 Å². The van der Waals surface area contributed by atoms with Gasteiger partial charge in [0, 0.05) is 4.88 Å². The lowest BCUT2D eigenvalue weighted by atomic mass is 9.96. The second-order valence-corrected chi connectivity index (χ2v) is 6.90. The normalized spacial score (nSPS) is 16.0. The molecule has 0 aliphatic heterocycles. The standard InChI is InChI=1S/C15H19N3O2S/c1-8(2)12(15(19)20)18-13-11-9-5-3-4-6-10(9)21-14(11)17-7-16-13/h7-8,12H,3-6H2,1-2H3,(H,19,20)(H,16,17,18). The number of aliphatic carboxylic acids is 1. The van der Waals surface area contributed by atoms with Crippen LogP contribution >= 0.6 is 11.3 Å². The summed E-state index contributed by atoms with van der Waals surface area (Å²) in [7, 11) is 0. The summed E-state index contributed by atoms with van der Waals surface area (Å²) in [5.41, 5.74) is 1.32. The predicted octanol–water partition coefficient (Wildman–Crippen LogP) is 3.09. The number of thiophene rings is 1. The van der Waals surface area contributed by atoms with E-state index in [-0.39, 0.29) is 5.92 Å². The van der Waals surface area contributed by atoms with Crippen molar-refractivity contribution in [2.24, 2.45) is 5.92 Å². The average Bonchev–Trinajstić information content (AvgIpc) is 2.83. The molecule has 2 N–H and O–H groups in total. The summed E-state index contributed by atoms with van der Waals surface area (Å²) >= 11 is 1.72. The van der Waals surface area contributed by atoms with Gasteiger partial charge in [0.1, 0.15) is 23.0 Å². The third-order valence-electron chi connectivity index (χ3n) is 3.98. The maximum atomic E-state index is 11.4. The number of anilines is 1. The van der Waals surface area contributed by atoms with Gasteiger partial charge in [-0.25, -0.2) is 14.8 Å². The smallest absolute Gasteiger partial charge is 0.326 e. The highest BCUT2D eigenvalue weighted by Gasteiger charge is 2.25. The molecule has 2 aromatic heterocycles. The first-order valence-corrected chi connectivity index (χ1v) is 8.14. The molecule has 0 aromatic carbocycles. The van der Waals surface area contributed by atoms with Crippen LogP contribution in [-0.2, 0) is 17.6 Å². The molecule has 0 saturated heterocycles. The average molecular weight is 305 g/mol. The lowest BCUT2D eigenvalue weighted by molar-refractivity contribution is -0.138. The Hall–Kier alpha value is -1.69. The van der Waals surface area contributed by atoms with Gasteiger partial charge in [-0.2, -0.15) is 0 Å². The number of aromatic nitrogens is 2. The summed E-state index contributed by atoms with van der Waals surface area (Å²) in [4.78, 5) is 22.4. The van der Waals surface area contributed by atoms with Gasteiger partial charge in [0.15, 0.2) is 0 Å². The van der Waals surface area contributed by atoms with Crippen LogP contribution in [0.4, 0.5) is 5.82 Å². The molecule has 1 aliphatic rings. The largest absolute Gasteiger partial charge is 0.480 e. The van der Waals surface area contributed by atoms with Gasteiger partial charge in [-0.05, 0) is 37.2 Å². The topological polar surface area (TPSA) is 75.1 Å². The van der Waals surface area contributed by atoms with E-state index in [0.717, 1.165) is 23.1 Å². The van der Waals surface area contributed by atoms with E-state index in [1.807, 2.05) is 13.8 Å². The Labute approximate surface area is 127 Å². The molecule has 0 saturated carbocycles. The molecular weight excluding hydrogens is 286 g/mol. The van der Waals surface area contributed by atoms with Gasteiger partial charge in [0.25, 0.3) is 0 Å². The number of aryl methyl sites for hydroxylation is 2. The van der Waals surface area contributed by atoms with Crippen molar-refractivity contribution in [1.82, 2.24) is 9.97 Å². The number of nitrogens with zero attached hydrogens (tertiary/aromatic N) is 2. The van der Waals surface area contributed by atoms with Gasteiger partial charge < -0.3 is 10.4 Å². The number of nitrogens with one attached hydrogen (secondary N) is 1. The number of fused-ring (bicyclic) bond motifs is 3. The second kappa shape index (κ2) is 5.60. The Balaban J connectivity index is 2.06. The lowest BCUT2D eigenvalue weighted by Crippen LogP contribution is -2.34. The third-order valence-corrected chi connectivity index (χ3v) is 5.18. The summed E-state index contributed by atoms with van der Waals surface area (Å²) < 4.78 is 0. The summed E-state index contributed by atoms with van der Waals surface area (Å²) in [6.07, 6.45) is 6.06. The highest BCUT2D eigenvalue weighted by Crippen LogP contribution is 2.38. The quantitative estimate of drug-likeness (QED) is 0.908. The summed E-state index contributed by atoms with van der Waals surface area (Å²) in [5.74, 6) is -0.191. The summed E-state index contributed by atoms with van der Waals surface area (Å²) in [6.45, 7) is 3.79.